The molecule has 0 aliphatic carbocycles. The zero-order valence-corrected chi connectivity index (χ0v) is 18.3. The van der Waals surface area contributed by atoms with E-state index in [1.54, 1.807) is 0 Å². The van der Waals surface area contributed by atoms with Gasteiger partial charge < -0.3 is 4.74 Å². The molecule has 0 bridgehead atoms. The van der Waals surface area contributed by atoms with Crippen molar-refractivity contribution in [3.63, 3.8) is 0 Å². The molecule has 27 heavy (non-hydrogen) atoms. The Morgan fingerprint density at radius 3 is 2.00 bits per heavy atom. The van der Waals surface area contributed by atoms with Gasteiger partial charge in [0.2, 0.25) is 0 Å². The third kappa shape index (κ3) is 4.98. The van der Waals surface area contributed by atoms with Gasteiger partial charge in [-0.15, -0.1) is 0 Å². The van der Waals surface area contributed by atoms with E-state index in [4.69, 9.17) is 0 Å². The maximum absolute atomic E-state index is 12.7. The number of nitrogens with zero attached hydrogens (tertiary/aromatic N) is 1. The van der Waals surface area contributed by atoms with Crippen molar-refractivity contribution in [1.29, 1.82) is 0 Å². The topological polar surface area (TPSA) is 46.6 Å². The molecule has 0 atom stereocenters. The number of hydrogen-bond acceptors (Lipinski definition) is 3. The second-order valence-corrected chi connectivity index (χ2v) is 8.63. The summed E-state index contributed by atoms with van der Waals surface area (Å²) >= 11 is 3.47. The molecule has 2 aromatic carbocycles. The fraction of sp³-hybridized carbons (Fsp3) is 0.364. The molecule has 0 aromatic heterocycles. The number of hydrogen-bond donors (Lipinski definition) is 0. The number of carbonyl (C=O) groups is 2. The van der Waals surface area contributed by atoms with Crippen LogP contribution in [0.2, 0.25) is 0 Å². The largest absolute Gasteiger partial charge is 0.462 e. The molecule has 0 fully saturated rings. The molecule has 4 nitrogen and oxygen atoms in total. The first-order valence-electron chi connectivity index (χ1n) is 8.80. The van der Waals surface area contributed by atoms with Crippen LogP contribution in [0.15, 0.2) is 40.9 Å². The van der Waals surface area contributed by atoms with E-state index in [2.05, 4.69) is 53.6 Å². The number of benzene rings is 2. The molecule has 0 aliphatic rings. The molecule has 2 rings (SSSR count). The molecular formula is C22H26BrNO3. The van der Waals surface area contributed by atoms with Crippen LogP contribution in [0.3, 0.4) is 0 Å². The van der Waals surface area contributed by atoms with Crippen molar-refractivity contribution in [2.24, 2.45) is 0 Å². The van der Waals surface area contributed by atoms with E-state index >= 15 is 0 Å². The third-order valence-electron chi connectivity index (χ3n) is 4.49. The Bertz CT molecular complexity index is 828. The minimum Gasteiger partial charge on any atom is -0.462 e. The first kappa shape index (κ1) is 21.2. The summed E-state index contributed by atoms with van der Waals surface area (Å²) in [6.45, 7) is 10.6. The predicted octanol–water partition coefficient (Wildman–Crippen LogP) is 5.07. The van der Waals surface area contributed by atoms with Crippen LogP contribution in [0.1, 0.15) is 43.0 Å². The van der Waals surface area contributed by atoms with Gasteiger partial charge in [-0.3, -0.25) is 9.69 Å². The van der Waals surface area contributed by atoms with E-state index in [9.17, 15) is 9.59 Å². The highest BCUT2D eigenvalue weighted by Crippen LogP contribution is 2.30. The average Bonchev–Trinajstić information content (AvgIpc) is 2.58. The van der Waals surface area contributed by atoms with Gasteiger partial charge in [0.25, 0.3) is 0 Å². The van der Waals surface area contributed by atoms with E-state index in [0.717, 1.165) is 26.9 Å². The highest BCUT2D eigenvalue weighted by Gasteiger charge is 2.27. The summed E-state index contributed by atoms with van der Waals surface area (Å²) in [7, 11) is 1.22. The molecule has 0 aliphatic heterocycles. The van der Waals surface area contributed by atoms with Crippen molar-refractivity contribution in [2.45, 2.75) is 46.6 Å². The van der Waals surface area contributed by atoms with E-state index in [-0.39, 0.29) is 5.41 Å². The minimum absolute atomic E-state index is 0.0545. The van der Waals surface area contributed by atoms with Crippen molar-refractivity contribution >= 4 is 33.5 Å². The summed E-state index contributed by atoms with van der Waals surface area (Å²) in [5, 5.41) is 0. The highest BCUT2D eigenvalue weighted by atomic mass is 79.9. The summed E-state index contributed by atoms with van der Waals surface area (Å²) in [4.78, 5) is 26.2. The number of rotatable bonds is 3. The molecule has 0 N–H and O–H groups in total. The molecule has 0 saturated heterocycles. The van der Waals surface area contributed by atoms with Crippen molar-refractivity contribution in [3.05, 3.63) is 63.1 Å². The maximum Gasteiger partial charge on any atom is 0.397 e. The Morgan fingerprint density at radius 2 is 1.56 bits per heavy atom. The fourth-order valence-electron chi connectivity index (χ4n) is 3.07. The van der Waals surface area contributed by atoms with E-state index in [1.165, 1.54) is 17.6 Å². The SMILES string of the molecule is COC(=O)C(=O)N(Cc1ccc(C(C)(C)C)cc1)c1c(C)cc(Br)cc1C. The van der Waals surface area contributed by atoms with Crippen LogP contribution in [0.25, 0.3) is 0 Å². The quantitative estimate of drug-likeness (QED) is 0.503. The van der Waals surface area contributed by atoms with Crippen molar-refractivity contribution in [2.75, 3.05) is 12.0 Å². The molecule has 0 spiro atoms. The Balaban J connectivity index is 2.46. The molecule has 1 amide bonds. The Labute approximate surface area is 169 Å². The standard InChI is InChI=1S/C22H26BrNO3/c1-14-11-18(23)12-15(2)19(14)24(20(25)21(26)27-6)13-16-7-9-17(10-8-16)22(3,4)5/h7-12H,13H2,1-6H3. The van der Waals surface area contributed by atoms with Gasteiger partial charge in [-0.25, -0.2) is 4.79 Å². The fourth-order valence-corrected chi connectivity index (χ4v) is 3.76. The zero-order chi connectivity index (χ0) is 20.4. The second kappa shape index (κ2) is 8.26. The van der Waals surface area contributed by atoms with Gasteiger partial charge in [0.05, 0.1) is 19.3 Å². The molecule has 2 aromatic rings. The third-order valence-corrected chi connectivity index (χ3v) is 4.95. The maximum atomic E-state index is 12.7. The summed E-state index contributed by atoms with van der Waals surface area (Å²) in [6, 6.07) is 12.0. The lowest BCUT2D eigenvalue weighted by Crippen LogP contribution is -2.37. The zero-order valence-electron chi connectivity index (χ0n) is 16.7. The molecule has 144 valence electrons. The van der Waals surface area contributed by atoms with Crippen molar-refractivity contribution in [3.8, 4) is 0 Å². The normalized spacial score (nSPS) is 11.2. The number of methoxy groups -OCH3 is 1. The Kier molecular flexibility index (Phi) is 6.47. The van der Waals surface area contributed by atoms with Crippen LogP contribution in [-0.4, -0.2) is 19.0 Å². The first-order chi connectivity index (χ1) is 12.5. The number of aryl methyl sites for hydroxylation is 2. The number of carbonyl (C=O) groups excluding carboxylic acids is 2. The lowest BCUT2D eigenvalue weighted by atomic mass is 9.86. The van der Waals surface area contributed by atoms with Crippen LogP contribution in [0.5, 0.6) is 0 Å². The summed E-state index contributed by atoms with van der Waals surface area (Å²) in [5.74, 6) is -1.55. The van der Waals surface area contributed by atoms with E-state index in [1.807, 2.05) is 38.1 Å². The minimum atomic E-state index is -0.872. The number of anilines is 1. The summed E-state index contributed by atoms with van der Waals surface area (Å²) in [6.07, 6.45) is 0. The van der Waals surface area contributed by atoms with Crippen LogP contribution < -0.4 is 4.90 Å². The van der Waals surface area contributed by atoms with Crippen LogP contribution >= 0.6 is 15.9 Å². The lowest BCUT2D eigenvalue weighted by molar-refractivity contribution is -0.151. The summed E-state index contributed by atoms with van der Waals surface area (Å²) in [5.41, 5.74) is 4.76. The van der Waals surface area contributed by atoms with Gasteiger partial charge in [-0.05, 0) is 53.6 Å². The van der Waals surface area contributed by atoms with Gasteiger partial charge in [0.1, 0.15) is 0 Å². The highest BCUT2D eigenvalue weighted by molar-refractivity contribution is 9.10. The van der Waals surface area contributed by atoms with E-state index in [0.29, 0.717) is 6.54 Å². The van der Waals surface area contributed by atoms with Gasteiger partial charge in [0, 0.05) is 4.47 Å². The summed E-state index contributed by atoms with van der Waals surface area (Å²) < 4.78 is 5.61. The number of amides is 1. The van der Waals surface area contributed by atoms with Gasteiger partial charge >= 0.3 is 11.9 Å². The first-order valence-corrected chi connectivity index (χ1v) is 9.60. The van der Waals surface area contributed by atoms with Gasteiger partial charge in [-0.2, -0.15) is 0 Å². The predicted molar refractivity (Wildman–Crippen MR) is 112 cm³/mol. The van der Waals surface area contributed by atoms with E-state index < -0.39 is 11.9 Å². The molecular weight excluding hydrogens is 406 g/mol. The lowest BCUT2D eigenvalue weighted by Gasteiger charge is -2.26. The monoisotopic (exact) mass is 431 g/mol. The molecule has 0 unspecified atom stereocenters. The van der Waals surface area contributed by atoms with Crippen molar-refractivity contribution in [1.82, 2.24) is 0 Å². The second-order valence-electron chi connectivity index (χ2n) is 7.72. The van der Waals surface area contributed by atoms with Crippen LogP contribution in [0.4, 0.5) is 5.69 Å². The molecule has 0 saturated carbocycles. The Hall–Kier alpha value is -2.14. The van der Waals surface area contributed by atoms with Gasteiger partial charge in [-0.1, -0.05) is 61.0 Å². The molecule has 0 heterocycles. The number of halogens is 1. The van der Waals surface area contributed by atoms with Crippen molar-refractivity contribution < 1.29 is 14.3 Å². The number of esters is 1. The smallest absolute Gasteiger partial charge is 0.397 e. The molecule has 5 heteroatoms. The average molecular weight is 432 g/mol. The Morgan fingerprint density at radius 1 is 1.04 bits per heavy atom. The van der Waals surface area contributed by atoms with Gasteiger partial charge in [0.15, 0.2) is 0 Å². The van der Waals surface area contributed by atoms with Crippen LogP contribution in [-0.2, 0) is 26.3 Å². The molecule has 0 radical (unpaired) electrons. The number of ether oxygens (including phenoxy) is 1. The van der Waals surface area contributed by atoms with Crippen LogP contribution in [0, 0.1) is 13.8 Å².